The number of nitrogens with zero attached hydrogens (tertiary/aromatic N) is 2. The van der Waals surface area contributed by atoms with Gasteiger partial charge in [-0.3, -0.25) is 14.6 Å². The van der Waals surface area contributed by atoms with E-state index in [9.17, 15) is 9.90 Å². The number of aromatic hydroxyl groups is 1. The van der Waals surface area contributed by atoms with Gasteiger partial charge in [-0.1, -0.05) is 18.2 Å². The zero-order valence-corrected chi connectivity index (χ0v) is 19.5. The molecule has 1 aliphatic rings. The number of hydrogen-bond acceptors (Lipinski definition) is 5. The molecule has 1 saturated heterocycles. The van der Waals surface area contributed by atoms with Gasteiger partial charge in [-0.25, -0.2) is 0 Å². The van der Waals surface area contributed by atoms with E-state index in [0.717, 1.165) is 54.3 Å². The van der Waals surface area contributed by atoms with Crippen LogP contribution in [0.3, 0.4) is 0 Å². The first-order chi connectivity index (χ1) is 15.4. The molecule has 2 N–H and O–H groups in total. The maximum absolute atomic E-state index is 12.5. The van der Waals surface area contributed by atoms with Crippen LogP contribution in [0.15, 0.2) is 43.0 Å². The molecule has 6 heteroatoms. The van der Waals surface area contributed by atoms with Gasteiger partial charge >= 0.3 is 0 Å². The van der Waals surface area contributed by atoms with Crippen molar-refractivity contribution in [3.05, 3.63) is 65.2 Å². The Kier molecular flexibility index (Phi) is 8.31. The van der Waals surface area contributed by atoms with Crippen LogP contribution in [0, 0.1) is 13.8 Å². The summed E-state index contributed by atoms with van der Waals surface area (Å²) in [4.78, 5) is 17.0. The second-order valence-corrected chi connectivity index (χ2v) is 8.36. The third kappa shape index (κ3) is 6.11. The Morgan fingerprint density at radius 2 is 1.84 bits per heavy atom. The molecular formula is C26H35N3O3. The van der Waals surface area contributed by atoms with Crippen LogP contribution in [0.5, 0.6) is 11.5 Å². The van der Waals surface area contributed by atoms with Gasteiger partial charge in [0, 0.05) is 49.5 Å². The number of piperazine rings is 1. The average Bonchev–Trinajstić information content (AvgIpc) is 2.76. The third-order valence-electron chi connectivity index (χ3n) is 6.02. The molecule has 0 saturated carbocycles. The highest BCUT2D eigenvalue weighted by Gasteiger charge is 2.21. The minimum absolute atomic E-state index is 0.0169. The van der Waals surface area contributed by atoms with E-state index in [-0.39, 0.29) is 5.91 Å². The van der Waals surface area contributed by atoms with Crippen LogP contribution < -0.4 is 10.1 Å². The zero-order chi connectivity index (χ0) is 23.1. The van der Waals surface area contributed by atoms with E-state index >= 15 is 0 Å². The van der Waals surface area contributed by atoms with Crippen molar-refractivity contribution in [3.63, 3.8) is 0 Å². The topological polar surface area (TPSA) is 65.0 Å². The summed E-state index contributed by atoms with van der Waals surface area (Å²) in [5.74, 6) is 1.12. The standard InChI is InChI=1S/C26H35N3O3/c1-5-8-21-15-23(32-6-2)16-22(26(21)31)17-28-11-13-29(14-12-28)18-25(30)27-24-10-7-9-19(3)20(24)4/h5,7,9-10,15-16,31H,1,6,8,11-14,17-18H2,2-4H3,(H,27,30). The number of rotatable bonds is 9. The fourth-order valence-corrected chi connectivity index (χ4v) is 4.04. The van der Waals surface area contributed by atoms with Crippen LogP contribution in [0.4, 0.5) is 5.69 Å². The summed E-state index contributed by atoms with van der Waals surface area (Å²) in [5, 5.41) is 13.7. The highest BCUT2D eigenvalue weighted by Crippen LogP contribution is 2.30. The van der Waals surface area contributed by atoms with Crippen LogP contribution in [-0.4, -0.2) is 60.1 Å². The monoisotopic (exact) mass is 437 g/mol. The van der Waals surface area contributed by atoms with E-state index in [1.165, 1.54) is 5.56 Å². The summed E-state index contributed by atoms with van der Waals surface area (Å²) in [6.07, 6.45) is 2.39. The largest absolute Gasteiger partial charge is 0.507 e. The molecule has 0 aromatic heterocycles. The highest BCUT2D eigenvalue weighted by molar-refractivity contribution is 5.93. The van der Waals surface area contributed by atoms with Crippen molar-refractivity contribution in [3.8, 4) is 11.5 Å². The molecule has 0 spiro atoms. The number of allylic oxidation sites excluding steroid dienone is 1. The smallest absolute Gasteiger partial charge is 0.238 e. The summed E-state index contributed by atoms with van der Waals surface area (Å²) >= 11 is 0. The fraction of sp³-hybridized carbons (Fsp3) is 0.423. The Morgan fingerprint density at radius 3 is 2.53 bits per heavy atom. The van der Waals surface area contributed by atoms with Crippen molar-refractivity contribution in [1.29, 1.82) is 0 Å². The summed E-state index contributed by atoms with van der Waals surface area (Å²) in [5.41, 5.74) is 4.87. The number of anilines is 1. The number of carbonyl (C=O) groups is 1. The summed E-state index contributed by atoms with van der Waals surface area (Å²) in [7, 11) is 0. The lowest BCUT2D eigenvalue weighted by Crippen LogP contribution is -2.48. The molecule has 1 aliphatic heterocycles. The molecule has 6 nitrogen and oxygen atoms in total. The van der Waals surface area contributed by atoms with Crippen molar-refractivity contribution < 1.29 is 14.6 Å². The second-order valence-electron chi connectivity index (χ2n) is 8.36. The van der Waals surface area contributed by atoms with E-state index in [4.69, 9.17) is 4.74 Å². The van der Waals surface area contributed by atoms with E-state index in [2.05, 4.69) is 21.7 Å². The average molecular weight is 438 g/mol. The minimum atomic E-state index is 0.0169. The first-order valence-corrected chi connectivity index (χ1v) is 11.3. The molecular weight excluding hydrogens is 402 g/mol. The Morgan fingerprint density at radius 1 is 1.16 bits per heavy atom. The van der Waals surface area contributed by atoms with Gasteiger partial charge in [-0.2, -0.15) is 0 Å². The first-order valence-electron chi connectivity index (χ1n) is 11.3. The first kappa shape index (κ1) is 23.8. The van der Waals surface area contributed by atoms with Crippen LogP contribution >= 0.6 is 0 Å². The lowest BCUT2D eigenvalue weighted by atomic mass is 10.0. The fourth-order valence-electron chi connectivity index (χ4n) is 4.04. The van der Waals surface area contributed by atoms with Crippen LogP contribution in [-0.2, 0) is 17.8 Å². The number of carbonyl (C=O) groups excluding carboxylic acids is 1. The van der Waals surface area contributed by atoms with Gasteiger partial charge in [0.1, 0.15) is 11.5 Å². The van der Waals surface area contributed by atoms with Gasteiger partial charge in [0.2, 0.25) is 5.91 Å². The van der Waals surface area contributed by atoms with Gasteiger partial charge in [0.05, 0.1) is 13.2 Å². The van der Waals surface area contributed by atoms with Gasteiger partial charge in [-0.15, -0.1) is 6.58 Å². The molecule has 0 atom stereocenters. The molecule has 1 fully saturated rings. The number of aryl methyl sites for hydroxylation is 1. The van der Waals surface area contributed by atoms with Gasteiger partial charge in [-0.05, 0) is 56.5 Å². The molecule has 2 aromatic carbocycles. The van der Waals surface area contributed by atoms with Crippen LogP contribution in [0.2, 0.25) is 0 Å². The van der Waals surface area contributed by atoms with Crippen molar-refractivity contribution >= 4 is 11.6 Å². The summed E-state index contributed by atoms with van der Waals surface area (Å²) < 4.78 is 5.69. The van der Waals surface area contributed by atoms with Crippen molar-refractivity contribution in [2.45, 2.75) is 33.7 Å². The number of nitrogens with one attached hydrogen (secondary N) is 1. The van der Waals surface area contributed by atoms with Crippen molar-refractivity contribution in [1.82, 2.24) is 9.80 Å². The Labute approximate surface area is 191 Å². The molecule has 172 valence electrons. The maximum atomic E-state index is 12.5. The molecule has 1 heterocycles. The quantitative estimate of drug-likeness (QED) is 0.583. The number of hydrogen-bond donors (Lipinski definition) is 2. The second kappa shape index (κ2) is 11.2. The molecule has 2 aromatic rings. The minimum Gasteiger partial charge on any atom is -0.507 e. The lowest BCUT2D eigenvalue weighted by molar-refractivity contribution is -0.117. The summed E-state index contributed by atoms with van der Waals surface area (Å²) in [6, 6.07) is 9.77. The van der Waals surface area contributed by atoms with E-state index in [0.29, 0.717) is 31.9 Å². The molecule has 1 amide bonds. The number of ether oxygens (including phenoxy) is 1. The molecule has 3 rings (SSSR count). The van der Waals surface area contributed by atoms with Gasteiger partial charge in [0.25, 0.3) is 0 Å². The maximum Gasteiger partial charge on any atom is 0.238 e. The highest BCUT2D eigenvalue weighted by atomic mass is 16.5. The number of phenolic OH excluding ortho intramolecular Hbond substituents is 1. The molecule has 0 radical (unpaired) electrons. The Hall–Kier alpha value is -2.83. The zero-order valence-electron chi connectivity index (χ0n) is 19.5. The van der Waals surface area contributed by atoms with Crippen molar-refractivity contribution in [2.24, 2.45) is 0 Å². The van der Waals surface area contributed by atoms with Gasteiger partial charge in [0.15, 0.2) is 0 Å². The molecule has 0 unspecified atom stereocenters. The SMILES string of the molecule is C=CCc1cc(OCC)cc(CN2CCN(CC(=O)Nc3cccc(C)c3C)CC2)c1O. The lowest BCUT2D eigenvalue weighted by Gasteiger charge is -2.34. The van der Waals surface area contributed by atoms with Gasteiger partial charge < -0.3 is 15.2 Å². The van der Waals surface area contributed by atoms with Crippen LogP contribution in [0.1, 0.15) is 29.2 Å². The number of amides is 1. The predicted octanol–water partition coefficient (Wildman–Crippen LogP) is 3.89. The Bertz CT molecular complexity index is 950. The van der Waals surface area contributed by atoms with Crippen LogP contribution in [0.25, 0.3) is 0 Å². The van der Waals surface area contributed by atoms with Crippen molar-refractivity contribution in [2.75, 3.05) is 44.6 Å². The third-order valence-corrected chi connectivity index (χ3v) is 6.02. The van der Waals surface area contributed by atoms with E-state index < -0.39 is 0 Å². The Balaban J connectivity index is 1.55. The van der Waals surface area contributed by atoms with E-state index in [1.807, 2.05) is 51.1 Å². The number of benzene rings is 2. The number of phenols is 1. The molecule has 0 bridgehead atoms. The normalized spacial score (nSPS) is 14.8. The van der Waals surface area contributed by atoms with E-state index in [1.54, 1.807) is 6.08 Å². The summed E-state index contributed by atoms with van der Waals surface area (Å²) in [6.45, 7) is 14.7. The predicted molar refractivity (Wildman–Crippen MR) is 129 cm³/mol. The molecule has 0 aliphatic carbocycles. The molecule has 32 heavy (non-hydrogen) atoms.